The van der Waals surface area contributed by atoms with E-state index < -0.39 is 5.92 Å². The van der Waals surface area contributed by atoms with Gasteiger partial charge in [-0.25, -0.2) is 0 Å². The molecule has 0 radical (unpaired) electrons. The Balaban J connectivity index is 1.45. The van der Waals surface area contributed by atoms with Crippen LogP contribution in [0.1, 0.15) is 38.3 Å². The van der Waals surface area contributed by atoms with Crippen LogP contribution in [-0.4, -0.2) is 30.6 Å². The van der Waals surface area contributed by atoms with Crippen LogP contribution >= 0.6 is 11.3 Å². The summed E-state index contributed by atoms with van der Waals surface area (Å²) in [6.45, 7) is 0.579. The van der Waals surface area contributed by atoms with E-state index >= 15 is 0 Å². The third kappa shape index (κ3) is 3.11. The molecule has 0 saturated carbocycles. The van der Waals surface area contributed by atoms with Crippen molar-refractivity contribution in [2.45, 2.75) is 18.5 Å². The number of hydrogen-bond acceptors (Lipinski definition) is 5. The lowest BCUT2D eigenvalue weighted by atomic mass is 9.81. The fourth-order valence-electron chi connectivity index (χ4n) is 4.12. The molecule has 2 aliphatic heterocycles. The van der Waals surface area contributed by atoms with Gasteiger partial charge in [0.2, 0.25) is 12.7 Å². The molecule has 0 bridgehead atoms. The van der Waals surface area contributed by atoms with Gasteiger partial charge in [-0.05, 0) is 40.8 Å². The number of hydrogen-bond donors (Lipinski definition) is 1. The number of amides is 2. The number of thiophene rings is 1. The lowest BCUT2D eigenvalue weighted by Crippen LogP contribution is -2.45. The first-order chi connectivity index (χ1) is 14.6. The maximum absolute atomic E-state index is 13.4. The first-order valence-corrected chi connectivity index (χ1v) is 10.6. The van der Waals surface area contributed by atoms with E-state index in [9.17, 15) is 9.59 Å². The van der Waals surface area contributed by atoms with Gasteiger partial charge >= 0.3 is 0 Å². The van der Waals surface area contributed by atoms with E-state index in [0.717, 1.165) is 16.0 Å². The summed E-state index contributed by atoms with van der Waals surface area (Å²) in [5.74, 6) is 0.731. The van der Waals surface area contributed by atoms with Gasteiger partial charge < -0.3 is 19.7 Å². The van der Waals surface area contributed by atoms with Crippen molar-refractivity contribution in [2.24, 2.45) is 0 Å². The van der Waals surface area contributed by atoms with Gasteiger partial charge in [0.15, 0.2) is 11.5 Å². The van der Waals surface area contributed by atoms with Crippen LogP contribution < -0.4 is 14.8 Å². The number of nitrogens with one attached hydrogen (secondary N) is 1. The maximum Gasteiger partial charge on any atom is 0.254 e. The molecule has 6 nitrogen and oxygen atoms in total. The highest BCUT2D eigenvalue weighted by Gasteiger charge is 2.42. The highest BCUT2D eigenvalue weighted by Crippen LogP contribution is 2.43. The Bertz CT molecular complexity index is 1110. The molecule has 0 aliphatic carbocycles. The van der Waals surface area contributed by atoms with E-state index in [1.54, 1.807) is 29.4 Å². The molecule has 0 fully saturated rings. The molecule has 1 aromatic heterocycles. The molecule has 30 heavy (non-hydrogen) atoms. The van der Waals surface area contributed by atoms with Crippen molar-refractivity contribution in [1.29, 1.82) is 0 Å². The minimum atomic E-state index is -0.489. The Labute approximate surface area is 178 Å². The number of likely N-dealkylation sites (N-methyl/N-ethyl adjacent to an activating group) is 1. The molecule has 0 saturated heterocycles. The van der Waals surface area contributed by atoms with Crippen molar-refractivity contribution in [3.8, 4) is 11.5 Å². The SMILES string of the molecule is CN1C(=O)c2ccccc2[C@@H](C(=O)NCc2ccc3c(c2)OCO3)[C@H]1c1cccs1. The zero-order valence-corrected chi connectivity index (χ0v) is 17.1. The number of rotatable bonds is 4. The lowest BCUT2D eigenvalue weighted by Gasteiger charge is -2.39. The molecule has 5 rings (SSSR count). The van der Waals surface area contributed by atoms with Gasteiger partial charge in [-0.3, -0.25) is 9.59 Å². The number of fused-ring (bicyclic) bond motifs is 2. The first-order valence-electron chi connectivity index (χ1n) is 9.69. The average Bonchev–Trinajstić information content (AvgIpc) is 3.46. The van der Waals surface area contributed by atoms with Gasteiger partial charge in [0.05, 0.1) is 12.0 Å². The van der Waals surface area contributed by atoms with Crippen molar-refractivity contribution < 1.29 is 19.1 Å². The highest BCUT2D eigenvalue weighted by atomic mass is 32.1. The van der Waals surface area contributed by atoms with Gasteiger partial charge in [0.1, 0.15) is 0 Å². The molecule has 3 aromatic rings. The van der Waals surface area contributed by atoms with Crippen molar-refractivity contribution in [3.63, 3.8) is 0 Å². The molecule has 2 atom stereocenters. The summed E-state index contributed by atoms with van der Waals surface area (Å²) < 4.78 is 10.8. The minimum Gasteiger partial charge on any atom is -0.454 e. The van der Waals surface area contributed by atoms with Crippen LogP contribution in [0.25, 0.3) is 0 Å². The van der Waals surface area contributed by atoms with Gasteiger partial charge in [0, 0.05) is 24.0 Å². The highest BCUT2D eigenvalue weighted by molar-refractivity contribution is 7.10. The molecule has 0 unspecified atom stereocenters. The van der Waals surface area contributed by atoms with Crippen LogP contribution in [0.15, 0.2) is 60.0 Å². The molecule has 1 N–H and O–H groups in total. The molecule has 2 amide bonds. The zero-order chi connectivity index (χ0) is 20.7. The molecular weight excluding hydrogens is 400 g/mol. The van der Waals surface area contributed by atoms with Gasteiger partial charge in [-0.15, -0.1) is 11.3 Å². The number of carbonyl (C=O) groups is 2. The topological polar surface area (TPSA) is 67.9 Å². The van der Waals surface area contributed by atoms with Crippen LogP contribution in [-0.2, 0) is 11.3 Å². The van der Waals surface area contributed by atoms with Crippen LogP contribution in [0, 0.1) is 0 Å². The second kappa shape index (κ2) is 7.50. The number of ether oxygens (including phenoxy) is 2. The zero-order valence-electron chi connectivity index (χ0n) is 16.3. The second-order valence-corrected chi connectivity index (χ2v) is 8.33. The third-order valence-electron chi connectivity index (χ3n) is 5.60. The molecule has 2 aromatic carbocycles. The van der Waals surface area contributed by atoms with Gasteiger partial charge in [-0.1, -0.05) is 30.3 Å². The predicted octanol–water partition coefficient (Wildman–Crippen LogP) is 3.70. The Hall–Kier alpha value is -3.32. The Kier molecular flexibility index (Phi) is 4.67. The third-order valence-corrected chi connectivity index (χ3v) is 6.54. The van der Waals surface area contributed by atoms with Crippen LogP contribution in [0.5, 0.6) is 11.5 Å². The maximum atomic E-state index is 13.4. The average molecular weight is 420 g/mol. The molecule has 7 heteroatoms. The summed E-state index contributed by atoms with van der Waals surface area (Å²) in [7, 11) is 1.76. The summed E-state index contributed by atoms with van der Waals surface area (Å²) in [5, 5.41) is 5.03. The van der Waals surface area contributed by atoms with Crippen molar-refractivity contribution in [1.82, 2.24) is 10.2 Å². The van der Waals surface area contributed by atoms with E-state index in [-0.39, 0.29) is 24.6 Å². The lowest BCUT2D eigenvalue weighted by molar-refractivity contribution is -0.124. The fraction of sp³-hybridized carbons (Fsp3) is 0.217. The van der Waals surface area contributed by atoms with Crippen LogP contribution in [0.2, 0.25) is 0 Å². The van der Waals surface area contributed by atoms with Crippen LogP contribution in [0.4, 0.5) is 0 Å². The molecule has 152 valence electrons. The van der Waals surface area contributed by atoms with Crippen molar-refractivity contribution >= 4 is 23.2 Å². The second-order valence-electron chi connectivity index (χ2n) is 7.35. The van der Waals surface area contributed by atoms with Crippen LogP contribution in [0.3, 0.4) is 0 Å². The summed E-state index contributed by atoms with van der Waals surface area (Å²) in [5.41, 5.74) is 2.27. The van der Waals surface area contributed by atoms with Gasteiger partial charge in [0.25, 0.3) is 5.91 Å². The van der Waals surface area contributed by atoms with E-state index in [0.29, 0.717) is 23.6 Å². The summed E-state index contributed by atoms with van der Waals surface area (Å²) in [4.78, 5) is 29.0. The molecule has 2 aliphatic rings. The summed E-state index contributed by atoms with van der Waals surface area (Å²) in [6, 6.07) is 16.6. The van der Waals surface area contributed by atoms with E-state index in [1.165, 1.54) is 0 Å². The number of carbonyl (C=O) groups excluding carboxylic acids is 2. The quantitative estimate of drug-likeness (QED) is 0.699. The Morgan fingerprint density at radius 2 is 1.97 bits per heavy atom. The molecule has 0 spiro atoms. The fourth-order valence-corrected chi connectivity index (χ4v) is 5.03. The standard InChI is InChI=1S/C23H20N2O4S/c1-25-21(19-7-4-10-30-19)20(15-5-2-3-6-16(15)23(25)27)22(26)24-12-14-8-9-17-18(11-14)29-13-28-17/h2-11,20-21H,12-13H2,1H3,(H,24,26)/t20-,21-/m1/s1. The minimum absolute atomic E-state index is 0.0659. The normalized spacial score (nSPS) is 19.5. The van der Waals surface area contributed by atoms with Crippen molar-refractivity contribution in [3.05, 3.63) is 81.5 Å². The predicted molar refractivity (Wildman–Crippen MR) is 113 cm³/mol. The smallest absolute Gasteiger partial charge is 0.254 e. The Morgan fingerprint density at radius 1 is 1.13 bits per heavy atom. The number of benzene rings is 2. The summed E-state index contributed by atoms with van der Waals surface area (Å²) >= 11 is 1.55. The molecule has 3 heterocycles. The van der Waals surface area contributed by atoms with E-state index in [4.69, 9.17) is 9.47 Å². The first kappa shape index (κ1) is 18.7. The number of nitrogens with zero attached hydrogens (tertiary/aromatic N) is 1. The van der Waals surface area contributed by atoms with E-state index in [2.05, 4.69) is 5.32 Å². The monoisotopic (exact) mass is 420 g/mol. The Morgan fingerprint density at radius 3 is 2.80 bits per heavy atom. The van der Waals surface area contributed by atoms with E-state index in [1.807, 2.05) is 53.9 Å². The van der Waals surface area contributed by atoms with Gasteiger partial charge in [-0.2, -0.15) is 0 Å². The largest absolute Gasteiger partial charge is 0.454 e. The molecular formula is C23H20N2O4S. The summed E-state index contributed by atoms with van der Waals surface area (Å²) in [6.07, 6.45) is 0. The van der Waals surface area contributed by atoms with Crippen molar-refractivity contribution in [2.75, 3.05) is 13.8 Å².